The smallest absolute Gasteiger partial charge is 0.0469 e. The van der Waals surface area contributed by atoms with Crippen molar-refractivity contribution < 1.29 is 4.74 Å². The molecule has 1 aliphatic heterocycles. The maximum Gasteiger partial charge on any atom is 0.0469 e. The number of hydrogen-bond acceptors (Lipinski definition) is 2. The van der Waals surface area contributed by atoms with Crippen LogP contribution in [-0.4, -0.2) is 26.3 Å². The van der Waals surface area contributed by atoms with E-state index in [-0.39, 0.29) is 0 Å². The predicted octanol–water partition coefficient (Wildman–Crippen LogP) is 1.80. The Hall–Kier alpha value is -0.0800. The molecule has 2 rings (SSSR count). The van der Waals surface area contributed by atoms with Gasteiger partial charge in [-0.3, -0.25) is 0 Å². The van der Waals surface area contributed by atoms with Crippen LogP contribution in [0.4, 0.5) is 0 Å². The highest BCUT2D eigenvalue weighted by molar-refractivity contribution is 4.74. The average Bonchev–Trinajstić information content (AvgIpc) is 1.96. The highest BCUT2D eigenvalue weighted by Gasteiger charge is 2.17. The molecule has 0 bridgehead atoms. The van der Waals surface area contributed by atoms with Crippen LogP contribution >= 0.6 is 0 Å². The van der Waals surface area contributed by atoms with Gasteiger partial charge in [0.25, 0.3) is 0 Å². The standard InChI is InChI=1S/C11H21NO/c1-2-10(3-1)4-6-13-7-5-11-8-12-9-11/h10-12H,1-9H2. The Morgan fingerprint density at radius 2 is 1.69 bits per heavy atom. The fraction of sp³-hybridized carbons (Fsp3) is 1.00. The Labute approximate surface area is 81.0 Å². The summed E-state index contributed by atoms with van der Waals surface area (Å²) in [4.78, 5) is 0. The zero-order valence-electron chi connectivity index (χ0n) is 8.43. The lowest BCUT2D eigenvalue weighted by atomic mass is 9.83. The predicted molar refractivity (Wildman–Crippen MR) is 53.8 cm³/mol. The third-order valence-corrected chi connectivity index (χ3v) is 3.43. The van der Waals surface area contributed by atoms with Gasteiger partial charge < -0.3 is 10.1 Å². The van der Waals surface area contributed by atoms with E-state index in [0.717, 1.165) is 25.0 Å². The normalized spacial score (nSPS) is 24.0. The summed E-state index contributed by atoms with van der Waals surface area (Å²) in [6, 6.07) is 0. The van der Waals surface area contributed by atoms with E-state index < -0.39 is 0 Å². The van der Waals surface area contributed by atoms with Gasteiger partial charge in [0.15, 0.2) is 0 Å². The topological polar surface area (TPSA) is 21.3 Å². The first kappa shape index (κ1) is 9.47. The third kappa shape index (κ3) is 2.96. The van der Waals surface area contributed by atoms with Crippen molar-refractivity contribution >= 4 is 0 Å². The summed E-state index contributed by atoms with van der Waals surface area (Å²) in [5.74, 6) is 1.91. The second-order valence-electron chi connectivity index (χ2n) is 4.51. The quantitative estimate of drug-likeness (QED) is 0.634. The molecule has 0 unspecified atom stereocenters. The molecule has 0 aromatic carbocycles. The van der Waals surface area contributed by atoms with Gasteiger partial charge in [0.05, 0.1) is 0 Å². The van der Waals surface area contributed by atoms with E-state index in [1.807, 2.05) is 0 Å². The van der Waals surface area contributed by atoms with Crippen LogP contribution < -0.4 is 5.32 Å². The second kappa shape index (κ2) is 4.97. The number of hydrogen-bond donors (Lipinski definition) is 1. The molecule has 1 saturated carbocycles. The monoisotopic (exact) mass is 183 g/mol. The molecule has 2 aliphatic rings. The molecule has 1 N–H and O–H groups in total. The Morgan fingerprint density at radius 3 is 2.15 bits per heavy atom. The lowest BCUT2D eigenvalue weighted by Crippen LogP contribution is -2.42. The summed E-state index contributed by atoms with van der Waals surface area (Å²) < 4.78 is 5.62. The SMILES string of the molecule is C1CC(CCOCCC2CNC2)C1. The minimum atomic E-state index is 0.906. The van der Waals surface area contributed by atoms with Crippen LogP contribution in [0.3, 0.4) is 0 Å². The van der Waals surface area contributed by atoms with Gasteiger partial charge in [0.1, 0.15) is 0 Å². The minimum Gasteiger partial charge on any atom is -0.381 e. The Balaban J connectivity index is 1.36. The summed E-state index contributed by atoms with van der Waals surface area (Å²) in [5, 5.41) is 3.28. The van der Waals surface area contributed by atoms with Crippen LogP contribution in [0.5, 0.6) is 0 Å². The lowest BCUT2D eigenvalue weighted by molar-refractivity contribution is 0.0898. The largest absolute Gasteiger partial charge is 0.381 e. The Morgan fingerprint density at radius 1 is 1.00 bits per heavy atom. The zero-order chi connectivity index (χ0) is 8.93. The van der Waals surface area contributed by atoms with E-state index in [2.05, 4.69) is 5.32 Å². The van der Waals surface area contributed by atoms with Crippen LogP contribution in [0, 0.1) is 11.8 Å². The van der Waals surface area contributed by atoms with Gasteiger partial charge in [0.2, 0.25) is 0 Å². The van der Waals surface area contributed by atoms with Gasteiger partial charge in [0, 0.05) is 13.2 Å². The van der Waals surface area contributed by atoms with Gasteiger partial charge in [-0.25, -0.2) is 0 Å². The molecule has 76 valence electrons. The molecule has 0 amide bonds. The van der Waals surface area contributed by atoms with Gasteiger partial charge in [-0.05, 0) is 37.8 Å². The highest BCUT2D eigenvalue weighted by atomic mass is 16.5. The number of ether oxygens (including phenoxy) is 1. The summed E-state index contributed by atoms with van der Waals surface area (Å²) in [7, 11) is 0. The van der Waals surface area contributed by atoms with Gasteiger partial charge >= 0.3 is 0 Å². The minimum absolute atomic E-state index is 0.906. The van der Waals surface area contributed by atoms with E-state index in [0.29, 0.717) is 0 Å². The van der Waals surface area contributed by atoms with Crippen molar-refractivity contribution in [3.05, 3.63) is 0 Å². The molecular weight excluding hydrogens is 162 g/mol. The fourth-order valence-corrected chi connectivity index (χ4v) is 1.94. The van der Waals surface area contributed by atoms with Crippen molar-refractivity contribution in [3.63, 3.8) is 0 Å². The molecule has 1 saturated heterocycles. The first-order valence-electron chi connectivity index (χ1n) is 5.73. The second-order valence-corrected chi connectivity index (χ2v) is 4.51. The molecule has 2 fully saturated rings. The summed E-state index contributed by atoms with van der Waals surface area (Å²) in [6.07, 6.45) is 6.94. The van der Waals surface area contributed by atoms with E-state index in [9.17, 15) is 0 Å². The van der Waals surface area contributed by atoms with Crippen molar-refractivity contribution in [1.29, 1.82) is 0 Å². The highest BCUT2D eigenvalue weighted by Crippen LogP contribution is 2.29. The Bertz CT molecular complexity index is 125. The van der Waals surface area contributed by atoms with Crippen molar-refractivity contribution in [2.24, 2.45) is 11.8 Å². The van der Waals surface area contributed by atoms with Gasteiger partial charge in [-0.15, -0.1) is 0 Å². The van der Waals surface area contributed by atoms with Crippen LogP contribution in [0.25, 0.3) is 0 Å². The van der Waals surface area contributed by atoms with Crippen molar-refractivity contribution in [2.45, 2.75) is 32.1 Å². The van der Waals surface area contributed by atoms with Crippen LogP contribution in [0.1, 0.15) is 32.1 Å². The van der Waals surface area contributed by atoms with E-state index in [4.69, 9.17) is 4.74 Å². The molecule has 2 nitrogen and oxygen atoms in total. The number of nitrogens with one attached hydrogen (secondary N) is 1. The molecule has 0 aromatic rings. The van der Waals surface area contributed by atoms with E-state index in [1.54, 1.807) is 0 Å². The van der Waals surface area contributed by atoms with Crippen molar-refractivity contribution in [3.8, 4) is 0 Å². The van der Waals surface area contributed by atoms with E-state index in [1.165, 1.54) is 45.2 Å². The molecule has 1 heterocycles. The summed E-state index contributed by atoms with van der Waals surface area (Å²) >= 11 is 0. The van der Waals surface area contributed by atoms with Gasteiger partial charge in [-0.1, -0.05) is 19.3 Å². The summed E-state index contributed by atoms with van der Waals surface area (Å²) in [6.45, 7) is 4.42. The first-order chi connectivity index (χ1) is 6.45. The molecule has 0 atom stereocenters. The van der Waals surface area contributed by atoms with E-state index >= 15 is 0 Å². The Kier molecular flexibility index (Phi) is 3.62. The molecule has 0 spiro atoms. The average molecular weight is 183 g/mol. The zero-order valence-corrected chi connectivity index (χ0v) is 8.43. The van der Waals surface area contributed by atoms with Crippen molar-refractivity contribution in [1.82, 2.24) is 5.32 Å². The lowest BCUT2D eigenvalue weighted by Gasteiger charge is -2.27. The summed E-state index contributed by atoms with van der Waals surface area (Å²) in [5.41, 5.74) is 0. The van der Waals surface area contributed by atoms with Crippen LogP contribution in [-0.2, 0) is 4.74 Å². The molecule has 0 radical (unpaired) electrons. The van der Waals surface area contributed by atoms with Crippen LogP contribution in [0.2, 0.25) is 0 Å². The maximum atomic E-state index is 5.62. The van der Waals surface area contributed by atoms with Crippen LogP contribution in [0.15, 0.2) is 0 Å². The molecule has 2 heteroatoms. The maximum absolute atomic E-state index is 5.62. The number of rotatable bonds is 6. The molecule has 1 aliphatic carbocycles. The molecule has 13 heavy (non-hydrogen) atoms. The first-order valence-corrected chi connectivity index (χ1v) is 5.73. The molecular formula is C11H21NO. The third-order valence-electron chi connectivity index (χ3n) is 3.43. The molecule has 0 aromatic heterocycles. The van der Waals surface area contributed by atoms with Crippen molar-refractivity contribution in [2.75, 3.05) is 26.3 Å². The van der Waals surface area contributed by atoms with Gasteiger partial charge in [-0.2, -0.15) is 0 Å². The fourth-order valence-electron chi connectivity index (χ4n) is 1.94.